The molecule has 2 aromatic carbocycles. The number of pyridine rings is 1. The van der Waals surface area contributed by atoms with Gasteiger partial charge in [0.15, 0.2) is 5.11 Å². The molecule has 1 fully saturated rings. The zero-order valence-electron chi connectivity index (χ0n) is 18.0. The third-order valence-electron chi connectivity index (χ3n) is 5.82. The first-order valence-electron chi connectivity index (χ1n) is 10.6. The molecule has 32 heavy (non-hydrogen) atoms. The maximum absolute atomic E-state index is 6.08. The van der Waals surface area contributed by atoms with Crippen LogP contribution in [0.4, 0.5) is 5.69 Å². The van der Waals surface area contributed by atoms with E-state index in [1.165, 1.54) is 0 Å². The number of thiocarbonyl (C=S) groups is 1. The average Bonchev–Trinajstić information content (AvgIpc) is 3.39. The Hall–Kier alpha value is -3.64. The smallest absolute Gasteiger partial charge is 0.174 e. The van der Waals surface area contributed by atoms with Crippen LogP contribution in [0, 0.1) is 6.92 Å². The summed E-state index contributed by atoms with van der Waals surface area (Å²) in [5.41, 5.74) is 4.23. The number of hydrogen-bond acceptors (Lipinski definition) is 3. The number of anilines is 1. The van der Waals surface area contributed by atoms with E-state index < -0.39 is 0 Å². The van der Waals surface area contributed by atoms with Crippen LogP contribution < -0.4 is 15.0 Å². The Morgan fingerprint density at radius 3 is 2.41 bits per heavy atom. The maximum Gasteiger partial charge on any atom is 0.174 e. The van der Waals surface area contributed by atoms with E-state index in [1.807, 2.05) is 67.7 Å². The van der Waals surface area contributed by atoms with Crippen LogP contribution >= 0.6 is 12.2 Å². The number of aromatic nitrogens is 2. The number of nitrogens with zero attached hydrogens (tertiary/aromatic N) is 3. The van der Waals surface area contributed by atoms with Crippen molar-refractivity contribution >= 4 is 23.0 Å². The SMILES string of the molecule is Cc1ccccc1Oc1ccc(N2C(=S)NC(c3ccccn3)C2c2cccn2C)cc1. The largest absolute Gasteiger partial charge is 0.457 e. The van der Waals surface area contributed by atoms with Gasteiger partial charge in [0.1, 0.15) is 17.5 Å². The predicted molar refractivity (Wildman–Crippen MR) is 131 cm³/mol. The Kier molecular flexibility index (Phi) is 5.37. The molecule has 0 aliphatic carbocycles. The molecule has 3 heterocycles. The first kappa shape index (κ1) is 20.3. The Morgan fingerprint density at radius 2 is 1.72 bits per heavy atom. The molecule has 4 aromatic rings. The zero-order chi connectivity index (χ0) is 22.1. The maximum atomic E-state index is 6.08. The predicted octanol–water partition coefficient (Wildman–Crippen LogP) is 5.70. The first-order valence-corrected chi connectivity index (χ1v) is 11.0. The third kappa shape index (κ3) is 3.74. The van der Waals surface area contributed by atoms with Gasteiger partial charge in [0.2, 0.25) is 0 Å². The van der Waals surface area contributed by atoms with Crippen molar-refractivity contribution in [2.24, 2.45) is 7.05 Å². The van der Waals surface area contributed by atoms with Crippen LogP contribution in [0.1, 0.15) is 29.0 Å². The zero-order valence-corrected chi connectivity index (χ0v) is 18.8. The van der Waals surface area contributed by atoms with Crippen LogP contribution in [0.15, 0.2) is 91.3 Å². The topological polar surface area (TPSA) is 42.3 Å². The molecule has 1 N–H and O–H groups in total. The fraction of sp³-hybridized carbons (Fsp3) is 0.154. The molecule has 5 nitrogen and oxygen atoms in total. The molecule has 1 saturated heterocycles. The minimum absolute atomic E-state index is 0.0273. The van der Waals surface area contributed by atoms with Crippen LogP contribution in [0.2, 0.25) is 0 Å². The Labute approximate surface area is 193 Å². The van der Waals surface area contributed by atoms with Crippen LogP contribution in [-0.4, -0.2) is 14.7 Å². The molecule has 0 radical (unpaired) electrons. The summed E-state index contributed by atoms with van der Waals surface area (Å²) >= 11 is 5.80. The van der Waals surface area contributed by atoms with Gasteiger partial charge in [0.05, 0.1) is 11.7 Å². The van der Waals surface area contributed by atoms with Gasteiger partial charge < -0.3 is 19.5 Å². The average molecular weight is 441 g/mol. The summed E-state index contributed by atoms with van der Waals surface area (Å²) in [6, 6.07) is 26.2. The monoisotopic (exact) mass is 440 g/mol. The second kappa shape index (κ2) is 8.48. The Bertz CT molecular complexity index is 1240. The molecule has 1 aliphatic heterocycles. The van der Waals surface area contributed by atoms with Crippen LogP contribution in [0.25, 0.3) is 0 Å². The number of para-hydroxylation sites is 1. The van der Waals surface area contributed by atoms with Crippen molar-refractivity contribution in [2.75, 3.05) is 4.90 Å². The second-order valence-corrected chi connectivity index (χ2v) is 8.29. The number of benzene rings is 2. The quantitative estimate of drug-likeness (QED) is 0.403. The van der Waals surface area contributed by atoms with Crippen molar-refractivity contribution in [1.29, 1.82) is 0 Å². The van der Waals surface area contributed by atoms with E-state index in [0.29, 0.717) is 5.11 Å². The molecule has 0 bridgehead atoms. The van der Waals surface area contributed by atoms with Crippen LogP contribution in [0.3, 0.4) is 0 Å². The van der Waals surface area contributed by atoms with E-state index in [1.54, 1.807) is 0 Å². The lowest BCUT2D eigenvalue weighted by atomic mass is 10.0. The lowest BCUT2D eigenvalue weighted by molar-refractivity contribution is 0.479. The molecule has 2 unspecified atom stereocenters. The summed E-state index contributed by atoms with van der Waals surface area (Å²) in [6.45, 7) is 2.04. The molecular formula is C26H24N4OS. The molecule has 2 atom stereocenters. The van der Waals surface area contributed by atoms with Gasteiger partial charge in [0.25, 0.3) is 0 Å². The van der Waals surface area contributed by atoms with Gasteiger partial charge in [-0.15, -0.1) is 0 Å². The fourth-order valence-electron chi connectivity index (χ4n) is 4.19. The van der Waals surface area contributed by atoms with Gasteiger partial charge >= 0.3 is 0 Å². The molecule has 0 amide bonds. The molecule has 5 rings (SSSR count). The molecule has 0 saturated carbocycles. The summed E-state index contributed by atoms with van der Waals surface area (Å²) in [5, 5.41) is 4.18. The fourth-order valence-corrected chi connectivity index (χ4v) is 4.53. The van der Waals surface area contributed by atoms with Crippen LogP contribution in [0.5, 0.6) is 11.5 Å². The Morgan fingerprint density at radius 1 is 0.938 bits per heavy atom. The van der Waals surface area contributed by atoms with Crippen molar-refractivity contribution in [3.05, 3.63) is 108 Å². The lowest BCUT2D eigenvalue weighted by Gasteiger charge is -2.28. The minimum atomic E-state index is -0.0554. The van der Waals surface area contributed by atoms with Gasteiger partial charge in [-0.3, -0.25) is 4.98 Å². The van der Waals surface area contributed by atoms with Gasteiger partial charge in [0, 0.05) is 30.8 Å². The molecule has 160 valence electrons. The normalized spacial score (nSPS) is 17.9. The van der Waals surface area contributed by atoms with E-state index in [4.69, 9.17) is 17.0 Å². The van der Waals surface area contributed by atoms with E-state index in [0.717, 1.165) is 34.1 Å². The molecule has 2 aromatic heterocycles. The standard InChI is InChI=1S/C26H24N4OS/c1-18-8-3-4-11-23(18)31-20-14-12-19(13-15-20)30-25(22-10-7-17-29(22)2)24(28-26(30)32)21-9-5-6-16-27-21/h3-17,24-25H,1-2H3,(H,28,32). The minimum Gasteiger partial charge on any atom is -0.457 e. The van der Waals surface area contributed by atoms with Crippen molar-refractivity contribution < 1.29 is 4.74 Å². The summed E-state index contributed by atoms with van der Waals surface area (Å²) in [6.07, 6.45) is 3.88. The highest BCUT2D eigenvalue weighted by atomic mass is 32.1. The second-order valence-electron chi connectivity index (χ2n) is 7.90. The summed E-state index contributed by atoms with van der Waals surface area (Å²) in [7, 11) is 2.06. The van der Waals surface area contributed by atoms with E-state index in [-0.39, 0.29) is 12.1 Å². The first-order chi connectivity index (χ1) is 15.6. The number of rotatable bonds is 5. The van der Waals surface area contributed by atoms with E-state index in [9.17, 15) is 0 Å². The van der Waals surface area contributed by atoms with Gasteiger partial charge in [-0.1, -0.05) is 24.3 Å². The van der Waals surface area contributed by atoms with E-state index in [2.05, 4.69) is 57.3 Å². The van der Waals surface area contributed by atoms with Crippen LogP contribution in [-0.2, 0) is 7.05 Å². The molecular weight excluding hydrogens is 416 g/mol. The highest BCUT2D eigenvalue weighted by Gasteiger charge is 2.41. The van der Waals surface area contributed by atoms with Crippen molar-refractivity contribution in [3.8, 4) is 11.5 Å². The number of aryl methyl sites for hydroxylation is 2. The van der Waals surface area contributed by atoms with Crippen molar-refractivity contribution in [3.63, 3.8) is 0 Å². The summed E-state index contributed by atoms with van der Waals surface area (Å²) in [5.74, 6) is 1.65. The van der Waals surface area contributed by atoms with Gasteiger partial charge in [-0.2, -0.15) is 0 Å². The van der Waals surface area contributed by atoms with Gasteiger partial charge in [-0.05, 0) is 79.3 Å². The highest BCUT2D eigenvalue weighted by molar-refractivity contribution is 7.80. The third-order valence-corrected chi connectivity index (χ3v) is 6.14. The summed E-state index contributed by atoms with van der Waals surface area (Å²) < 4.78 is 8.22. The van der Waals surface area contributed by atoms with E-state index >= 15 is 0 Å². The number of nitrogens with one attached hydrogen (secondary N) is 1. The molecule has 6 heteroatoms. The lowest BCUT2D eigenvalue weighted by Crippen LogP contribution is -2.30. The Balaban J connectivity index is 1.49. The van der Waals surface area contributed by atoms with Crippen molar-refractivity contribution in [2.45, 2.75) is 19.0 Å². The number of ether oxygens (including phenoxy) is 1. The molecule has 0 spiro atoms. The highest BCUT2D eigenvalue weighted by Crippen LogP contribution is 2.41. The summed E-state index contributed by atoms with van der Waals surface area (Å²) in [4.78, 5) is 6.77. The number of hydrogen-bond donors (Lipinski definition) is 1. The molecule has 1 aliphatic rings. The van der Waals surface area contributed by atoms with Crippen molar-refractivity contribution in [1.82, 2.24) is 14.9 Å². The van der Waals surface area contributed by atoms with Gasteiger partial charge in [-0.25, -0.2) is 0 Å².